The number of fused-ring (bicyclic) bond motifs is 1. The molecule has 9 heteroatoms. The molecule has 1 amide bonds. The van der Waals surface area contributed by atoms with Gasteiger partial charge in [0, 0.05) is 35.7 Å². The van der Waals surface area contributed by atoms with Crippen LogP contribution in [0.15, 0.2) is 45.7 Å². The van der Waals surface area contributed by atoms with Crippen molar-refractivity contribution >= 4 is 46.1 Å². The highest BCUT2D eigenvalue weighted by Gasteiger charge is 2.28. The van der Waals surface area contributed by atoms with Crippen molar-refractivity contribution in [2.75, 3.05) is 19.3 Å². The van der Waals surface area contributed by atoms with Gasteiger partial charge in [0.25, 0.3) is 11.6 Å². The van der Waals surface area contributed by atoms with Crippen LogP contribution in [0.2, 0.25) is 5.02 Å². The highest BCUT2D eigenvalue weighted by molar-refractivity contribution is 7.98. The zero-order chi connectivity index (χ0) is 20.5. The molecule has 150 valence electrons. The minimum atomic E-state index is -0.450. The maximum absolute atomic E-state index is 12.8. The van der Waals surface area contributed by atoms with Crippen molar-refractivity contribution in [1.82, 2.24) is 9.88 Å². The molecule has 1 fully saturated rings. The molecular formula is C20H18ClN3O4S. The van der Waals surface area contributed by atoms with E-state index in [1.54, 1.807) is 41.5 Å². The summed E-state index contributed by atoms with van der Waals surface area (Å²) in [5.41, 5.74) is 1.73. The Morgan fingerprint density at radius 1 is 1.28 bits per heavy atom. The van der Waals surface area contributed by atoms with E-state index in [1.807, 2.05) is 0 Å². The van der Waals surface area contributed by atoms with Gasteiger partial charge in [-0.15, -0.1) is 11.8 Å². The van der Waals surface area contributed by atoms with Crippen LogP contribution in [0.4, 0.5) is 5.69 Å². The first kappa shape index (κ1) is 19.7. The van der Waals surface area contributed by atoms with Crippen LogP contribution in [0, 0.1) is 10.1 Å². The van der Waals surface area contributed by atoms with Gasteiger partial charge in [-0.3, -0.25) is 14.9 Å². The van der Waals surface area contributed by atoms with E-state index in [0.717, 1.165) is 18.4 Å². The van der Waals surface area contributed by atoms with E-state index in [9.17, 15) is 14.9 Å². The molecule has 1 aromatic heterocycles. The number of oxazole rings is 1. The average Bonchev–Trinajstić information content (AvgIpc) is 3.16. The Hall–Kier alpha value is -2.58. The molecule has 2 aromatic carbocycles. The van der Waals surface area contributed by atoms with Gasteiger partial charge in [0.15, 0.2) is 11.5 Å². The Bertz CT molecular complexity index is 1090. The first-order valence-electron chi connectivity index (χ1n) is 9.14. The number of nitro benzene ring substituents is 1. The number of carbonyl (C=O) groups is 1. The number of benzene rings is 2. The quantitative estimate of drug-likeness (QED) is 0.323. The average molecular weight is 432 g/mol. The predicted octanol–water partition coefficient (Wildman–Crippen LogP) is 5.13. The van der Waals surface area contributed by atoms with E-state index in [0.29, 0.717) is 40.0 Å². The van der Waals surface area contributed by atoms with Crippen LogP contribution < -0.4 is 0 Å². The highest BCUT2D eigenvalue weighted by Crippen LogP contribution is 2.32. The van der Waals surface area contributed by atoms with Crippen LogP contribution in [-0.2, 0) is 0 Å². The Labute approximate surface area is 176 Å². The minimum absolute atomic E-state index is 0.0385. The van der Waals surface area contributed by atoms with Crippen LogP contribution in [0.1, 0.15) is 35.0 Å². The van der Waals surface area contributed by atoms with Gasteiger partial charge in [-0.25, -0.2) is 4.98 Å². The fourth-order valence-corrected chi connectivity index (χ4v) is 4.28. The van der Waals surface area contributed by atoms with Crippen LogP contribution in [-0.4, -0.2) is 40.1 Å². The lowest BCUT2D eigenvalue weighted by Gasteiger charge is -2.30. The lowest BCUT2D eigenvalue weighted by molar-refractivity contribution is -0.387. The number of nitro groups is 1. The zero-order valence-electron chi connectivity index (χ0n) is 15.6. The van der Waals surface area contributed by atoms with Gasteiger partial charge in [0.1, 0.15) is 5.52 Å². The monoisotopic (exact) mass is 431 g/mol. The largest absolute Gasteiger partial charge is 0.440 e. The molecule has 0 atom stereocenters. The van der Waals surface area contributed by atoms with E-state index in [1.165, 1.54) is 17.8 Å². The molecule has 29 heavy (non-hydrogen) atoms. The molecule has 0 spiro atoms. The minimum Gasteiger partial charge on any atom is -0.440 e. The summed E-state index contributed by atoms with van der Waals surface area (Å²) in [6.45, 7) is 1.09. The molecule has 0 aliphatic carbocycles. The number of halogens is 1. The number of aromatic nitrogens is 1. The number of thioether (sulfide) groups is 1. The summed E-state index contributed by atoms with van der Waals surface area (Å²) >= 11 is 7.29. The van der Waals surface area contributed by atoms with E-state index >= 15 is 0 Å². The smallest absolute Gasteiger partial charge is 0.283 e. The third-order valence-electron chi connectivity index (χ3n) is 5.12. The van der Waals surface area contributed by atoms with Crippen molar-refractivity contribution in [2.24, 2.45) is 0 Å². The standard InChI is InChI=1S/C20H18ClN3O4S/c1-29-18-5-2-13(10-16(18)24(26)27)20(25)23-8-6-12(7-9-23)19-22-15-11-14(21)3-4-17(15)28-19/h2-5,10-12H,6-9H2,1H3. The SMILES string of the molecule is CSc1ccc(C(=O)N2CCC(c3nc4cc(Cl)ccc4o3)CC2)cc1[N+](=O)[O-]. The molecule has 0 N–H and O–H groups in total. The topological polar surface area (TPSA) is 89.5 Å². The second-order valence-electron chi connectivity index (χ2n) is 6.87. The van der Waals surface area contributed by atoms with E-state index in [4.69, 9.17) is 16.0 Å². The normalized spacial score (nSPS) is 15.0. The fraction of sp³-hybridized carbons (Fsp3) is 0.300. The third-order valence-corrected chi connectivity index (χ3v) is 6.14. The van der Waals surface area contributed by atoms with Gasteiger partial charge in [-0.05, 0) is 49.4 Å². The number of likely N-dealkylation sites (tertiary alicyclic amines) is 1. The van der Waals surface area contributed by atoms with Gasteiger partial charge >= 0.3 is 0 Å². The van der Waals surface area contributed by atoms with Crippen molar-refractivity contribution in [3.05, 3.63) is 63.0 Å². The molecule has 7 nitrogen and oxygen atoms in total. The molecule has 1 aliphatic heterocycles. The van der Waals surface area contributed by atoms with Crippen molar-refractivity contribution in [3.63, 3.8) is 0 Å². The number of hydrogen-bond acceptors (Lipinski definition) is 6. The Morgan fingerprint density at radius 2 is 2.03 bits per heavy atom. The van der Waals surface area contributed by atoms with Crippen LogP contribution in [0.25, 0.3) is 11.1 Å². The summed E-state index contributed by atoms with van der Waals surface area (Å²) in [6, 6.07) is 9.99. The van der Waals surface area contributed by atoms with Gasteiger partial charge in [0.05, 0.1) is 9.82 Å². The molecule has 0 unspecified atom stereocenters. The molecule has 1 saturated heterocycles. The van der Waals surface area contributed by atoms with E-state index < -0.39 is 4.92 Å². The Morgan fingerprint density at radius 3 is 2.72 bits per heavy atom. The number of rotatable bonds is 4. The number of nitrogens with zero attached hydrogens (tertiary/aromatic N) is 3. The number of piperidine rings is 1. The van der Waals surface area contributed by atoms with Gasteiger partial charge in [-0.2, -0.15) is 0 Å². The van der Waals surface area contributed by atoms with Crippen LogP contribution in [0.3, 0.4) is 0 Å². The summed E-state index contributed by atoms with van der Waals surface area (Å²) in [5, 5.41) is 11.9. The number of carbonyl (C=O) groups excluding carboxylic acids is 1. The van der Waals surface area contributed by atoms with Crippen molar-refractivity contribution < 1.29 is 14.1 Å². The zero-order valence-corrected chi connectivity index (χ0v) is 17.2. The third kappa shape index (κ3) is 3.95. The number of hydrogen-bond donors (Lipinski definition) is 0. The Kier molecular flexibility index (Phi) is 5.47. The maximum Gasteiger partial charge on any atom is 0.283 e. The summed E-state index contributed by atoms with van der Waals surface area (Å²) in [6.07, 6.45) is 3.21. The van der Waals surface area contributed by atoms with E-state index in [2.05, 4.69) is 4.98 Å². The molecule has 0 saturated carbocycles. The fourth-order valence-electron chi connectivity index (χ4n) is 3.57. The highest BCUT2D eigenvalue weighted by atomic mass is 35.5. The predicted molar refractivity (Wildman–Crippen MR) is 112 cm³/mol. The van der Waals surface area contributed by atoms with E-state index in [-0.39, 0.29) is 17.5 Å². The summed E-state index contributed by atoms with van der Waals surface area (Å²) in [7, 11) is 0. The molecule has 4 rings (SSSR count). The summed E-state index contributed by atoms with van der Waals surface area (Å²) in [5.74, 6) is 0.594. The molecule has 0 radical (unpaired) electrons. The maximum atomic E-state index is 12.8. The van der Waals surface area contributed by atoms with Crippen molar-refractivity contribution in [3.8, 4) is 0 Å². The lowest BCUT2D eigenvalue weighted by Crippen LogP contribution is -2.38. The van der Waals surface area contributed by atoms with Crippen molar-refractivity contribution in [1.29, 1.82) is 0 Å². The molecular weight excluding hydrogens is 414 g/mol. The lowest BCUT2D eigenvalue weighted by atomic mass is 9.96. The molecule has 0 bridgehead atoms. The summed E-state index contributed by atoms with van der Waals surface area (Å²) < 4.78 is 5.86. The second kappa shape index (κ2) is 8.04. The molecule has 2 heterocycles. The van der Waals surface area contributed by atoms with Crippen LogP contribution >= 0.6 is 23.4 Å². The van der Waals surface area contributed by atoms with Crippen LogP contribution in [0.5, 0.6) is 0 Å². The summed E-state index contributed by atoms with van der Waals surface area (Å²) in [4.78, 5) is 30.5. The first-order valence-corrected chi connectivity index (χ1v) is 10.7. The Balaban J connectivity index is 1.47. The number of amides is 1. The van der Waals surface area contributed by atoms with Gasteiger partial charge in [-0.1, -0.05) is 11.6 Å². The van der Waals surface area contributed by atoms with Gasteiger partial charge in [0.2, 0.25) is 0 Å². The van der Waals surface area contributed by atoms with Crippen molar-refractivity contribution in [2.45, 2.75) is 23.7 Å². The first-order chi connectivity index (χ1) is 14.0. The second-order valence-corrected chi connectivity index (χ2v) is 8.16. The van der Waals surface area contributed by atoms with Gasteiger partial charge < -0.3 is 9.32 Å². The molecule has 1 aliphatic rings. The molecule has 3 aromatic rings.